The van der Waals surface area contributed by atoms with E-state index in [1.807, 2.05) is 12.1 Å². The van der Waals surface area contributed by atoms with Crippen LogP contribution in [0.3, 0.4) is 0 Å². The molecule has 7 heteroatoms. The number of fused-ring (bicyclic) bond motifs is 2. The Morgan fingerprint density at radius 2 is 1.62 bits per heavy atom. The van der Waals surface area contributed by atoms with E-state index < -0.39 is 10.0 Å². The number of benzene rings is 1. The second kappa shape index (κ2) is 7.88. The summed E-state index contributed by atoms with van der Waals surface area (Å²) in [5, 5.41) is 3.08. The zero-order valence-electron chi connectivity index (χ0n) is 16.8. The molecule has 3 heterocycles. The zero-order chi connectivity index (χ0) is 20.6. The lowest BCUT2D eigenvalue weighted by Crippen LogP contribution is -2.52. The minimum atomic E-state index is -3.53. The van der Waals surface area contributed by atoms with E-state index in [9.17, 15) is 13.2 Å². The third-order valence-corrected chi connectivity index (χ3v) is 8.09. The van der Waals surface area contributed by atoms with Crippen molar-refractivity contribution in [3.63, 3.8) is 0 Å². The average molecular weight is 414 g/mol. The predicted molar refractivity (Wildman–Crippen MR) is 111 cm³/mol. The van der Waals surface area contributed by atoms with Gasteiger partial charge in [0.1, 0.15) is 0 Å². The van der Waals surface area contributed by atoms with Gasteiger partial charge in [0.15, 0.2) is 0 Å². The van der Waals surface area contributed by atoms with Crippen LogP contribution in [-0.2, 0) is 10.0 Å². The number of rotatable bonds is 5. The summed E-state index contributed by atoms with van der Waals surface area (Å²) in [6.07, 6.45) is 6.18. The van der Waals surface area contributed by atoms with Gasteiger partial charge in [-0.05, 0) is 61.4 Å². The number of sulfonamides is 1. The molecule has 2 atom stereocenters. The molecule has 2 saturated heterocycles. The zero-order valence-corrected chi connectivity index (χ0v) is 17.6. The summed E-state index contributed by atoms with van der Waals surface area (Å²) in [5.74, 6) is 0.236. The van der Waals surface area contributed by atoms with Crippen molar-refractivity contribution in [1.82, 2.24) is 14.6 Å². The summed E-state index contributed by atoms with van der Waals surface area (Å²) in [7, 11) is -3.53. The number of nitrogens with one attached hydrogen (secondary N) is 1. The second-order valence-electron chi connectivity index (χ2n) is 8.32. The summed E-state index contributed by atoms with van der Waals surface area (Å²) < 4.78 is 28.3. The molecule has 2 fully saturated rings. The van der Waals surface area contributed by atoms with Crippen molar-refractivity contribution in [1.29, 1.82) is 0 Å². The van der Waals surface area contributed by atoms with Gasteiger partial charge in [-0.3, -0.25) is 9.78 Å². The fraction of sp³-hybridized carbons (Fsp3) is 0.455. The van der Waals surface area contributed by atoms with Crippen molar-refractivity contribution in [3.05, 3.63) is 59.9 Å². The van der Waals surface area contributed by atoms with Crippen LogP contribution in [0.25, 0.3) is 0 Å². The van der Waals surface area contributed by atoms with E-state index in [1.54, 1.807) is 41.0 Å². The smallest absolute Gasteiger partial charge is 0.251 e. The molecule has 0 spiro atoms. The van der Waals surface area contributed by atoms with Crippen molar-refractivity contribution in [2.45, 2.75) is 68.5 Å². The van der Waals surface area contributed by atoms with Crippen molar-refractivity contribution >= 4 is 15.9 Å². The first kappa shape index (κ1) is 20.0. The normalized spacial score (nSPS) is 24.6. The number of piperidine rings is 1. The van der Waals surface area contributed by atoms with Crippen LogP contribution >= 0.6 is 0 Å². The summed E-state index contributed by atoms with van der Waals surface area (Å²) in [5.41, 5.74) is 1.71. The maximum atomic E-state index is 13.3. The molecular weight excluding hydrogens is 386 g/mol. The Morgan fingerprint density at radius 1 is 1.03 bits per heavy atom. The molecule has 2 bridgehead atoms. The quantitative estimate of drug-likeness (QED) is 0.816. The SMILES string of the molecule is CC(C)c1ccc(S(=O)(=O)N2C3CCC2CC(NC(=O)c2ccncc2)C3)cc1. The van der Waals surface area contributed by atoms with Crippen LogP contribution in [0.2, 0.25) is 0 Å². The largest absolute Gasteiger partial charge is 0.349 e. The summed E-state index contributed by atoms with van der Waals surface area (Å²) >= 11 is 0. The fourth-order valence-electron chi connectivity index (χ4n) is 4.56. The van der Waals surface area contributed by atoms with Crippen LogP contribution in [0.4, 0.5) is 0 Å². The lowest BCUT2D eigenvalue weighted by molar-refractivity contribution is 0.0909. The summed E-state index contributed by atoms with van der Waals surface area (Å²) in [6.45, 7) is 4.18. The molecule has 1 aromatic carbocycles. The lowest BCUT2D eigenvalue weighted by Gasteiger charge is -2.38. The molecule has 2 aliphatic heterocycles. The maximum Gasteiger partial charge on any atom is 0.251 e. The topological polar surface area (TPSA) is 79.4 Å². The molecule has 154 valence electrons. The monoisotopic (exact) mass is 413 g/mol. The average Bonchev–Trinajstić information content (AvgIpc) is 3.01. The van der Waals surface area contributed by atoms with Crippen LogP contribution in [0.1, 0.15) is 61.4 Å². The second-order valence-corrected chi connectivity index (χ2v) is 10.2. The number of carbonyl (C=O) groups is 1. The van der Waals surface area contributed by atoms with Crippen LogP contribution in [0.15, 0.2) is 53.7 Å². The first-order chi connectivity index (χ1) is 13.9. The van der Waals surface area contributed by atoms with E-state index in [-0.39, 0.29) is 24.0 Å². The third kappa shape index (κ3) is 3.94. The van der Waals surface area contributed by atoms with Crippen molar-refractivity contribution in [2.24, 2.45) is 0 Å². The highest BCUT2D eigenvalue weighted by atomic mass is 32.2. The van der Waals surface area contributed by atoms with Crippen LogP contribution < -0.4 is 5.32 Å². The third-order valence-electron chi connectivity index (χ3n) is 6.07. The van der Waals surface area contributed by atoms with E-state index in [2.05, 4.69) is 24.1 Å². The molecular formula is C22H27N3O3S. The van der Waals surface area contributed by atoms with Crippen LogP contribution in [0.5, 0.6) is 0 Å². The Balaban J connectivity index is 1.48. The number of hydrogen-bond donors (Lipinski definition) is 1. The van der Waals surface area contributed by atoms with Gasteiger partial charge in [0.2, 0.25) is 10.0 Å². The number of amides is 1. The Hall–Kier alpha value is -2.25. The van der Waals surface area contributed by atoms with Crippen LogP contribution in [-0.4, -0.2) is 41.7 Å². The molecule has 6 nitrogen and oxygen atoms in total. The number of nitrogens with zero attached hydrogens (tertiary/aromatic N) is 2. The maximum absolute atomic E-state index is 13.3. The number of hydrogen-bond acceptors (Lipinski definition) is 4. The minimum absolute atomic E-state index is 0.0112. The first-order valence-corrected chi connectivity index (χ1v) is 11.6. The van der Waals surface area contributed by atoms with Crippen molar-refractivity contribution in [3.8, 4) is 0 Å². The summed E-state index contributed by atoms with van der Waals surface area (Å²) in [6, 6.07) is 10.5. The van der Waals surface area contributed by atoms with E-state index in [1.165, 1.54) is 0 Å². The van der Waals surface area contributed by atoms with Gasteiger partial charge < -0.3 is 5.32 Å². The Bertz CT molecular complexity index is 960. The molecule has 2 unspecified atom stereocenters. The molecule has 1 N–H and O–H groups in total. The van der Waals surface area contributed by atoms with Gasteiger partial charge in [-0.25, -0.2) is 8.42 Å². The van der Waals surface area contributed by atoms with Gasteiger partial charge in [0, 0.05) is 36.1 Å². The molecule has 29 heavy (non-hydrogen) atoms. The highest BCUT2D eigenvalue weighted by Gasteiger charge is 2.47. The van der Waals surface area contributed by atoms with Gasteiger partial charge >= 0.3 is 0 Å². The molecule has 4 rings (SSSR count). The van der Waals surface area contributed by atoms with E-state index in [4.69, 9.17) is 0 Å². The number of pyridine rings is 1. The van der Waals surface area contributed by atoms with Crippen molar-refractivity contribution in [2.75, 3.05) is 0 Å². The van der Waals surface area contributed by atoms with Crippen molar-refractivity contribution < 1.29 is 13.2 Å². The van der Waals surface area contributed by atoms with E-state index in [0.29, 0.717) is 29.2 Å². The molecule has 2 aliphatic rings. The minimum Gasteiger partial charge on any atom is -0.349 e. The number of aromatic nitrogens is 1. The first-order valence-electron chi connectivity index (χ1n) is 10.2. The van der Waals surface area contributed by atoms with Crippen LogP contribution in [0, 0.1) is 0 Å². The number of carbonyl (C=O) groups excluding carboxylic acids is 1. The molecule has 1 amide bonds. The van der Waals surface area contributed by atoms with Gasteiger partial charge in [0.25, 0.3) is 5.91 Å². The van der Waals surface area contributed by atoms with Gasteiger partial charge in [-0.15, -0.1) is 0 Å². The van der Waals surface area contributed by atoms with Gasteiger partial charge in [-0.2, -0.15) is 4.31 Å². The van der Waals surface area contributed by atoms with Gasteiger partial charge in [-0.1, -0.05) is 26.0 Å². The molecule has 0 radical (unpaired) electrons. The summed E-state index contributed by atoms with van der Waals surface area (Å²) in [4.78, 5) is 16.8. The highest BCUT2D eigenvalue weighted by Crippen LogP contribution is 2.40. The standard InChI is InChI=1S/C22H27N3O3S/c1-15(2)16-3-7-21(8-4-16)29(27,28)25-19-5-6-20(25)14-18(13-19)24-22(26)17-9-11-23-12-10-17/h3-4,7-12,15,18-20H,5-6,13-14H2,1-2H3,(H,24,26). The molecule has 2 aromatic rings. The Kier molecular flexibility index (Phi) is 5.44. The van der Waals surface area contributed by atoms with E-state index in [0.717, 1.165) is 18.4 Å². The van der Waals surface area contributed by atoms with E-state index >= 15 is 0 Å². The fourth-order valence-corrected chi connectivity index (χ4v) is 6.45. The molecule has 0 aliphatic carbocycles. The highest BCUT2D eigenvalue weighted by molar-refractivity contribution is 7.89. The molecule has 0 saturated carbocycles. The Labute approximate surface area is 172 Å². The Morgan fingerprint density at radius 3 is 2.17 bits per heavy atom. The predicted octanol–water partition coefficient (Wildman–Crippen LogP) is 3.32. The lowest BCUT2D eigenvalue weighted by atomic mass is 9.99. The van der Waals surface area contributed by atoms with Gasteiger partial charge in [0.05, 0.1) is 4.90 Å². The molecule has 1 aromatic heterocycles.